The van der Waals surface area contributed by atoms with Crippen molar-refractivity contribution < 1.29 is 14.0 Å². The molecule has 3 rings (SSSR count). The van der Waals surface area contributed by atoms with E-state index in [0.717, 1.165) is 5.69 Å². The summed E-state index contributed by atoms with van der Waals surface area (Å²) in [4.78, 5) is 30.7. The number of thiophene rings is 1. The van der Waals surface area contributed by atoms with E-state index < -0.39 is 8.32 Å². The molecule has 7 nitrogen and oxygen atoms in total. The maximum Gasteiger partial charge on any atom is 0.269 e. The van der Waals surface area contributed by atoms with Gasteiger partial charge in [-0.1, -0.05) is 44.1 Å². The van der Waals surface area contributed by atoms with Crippen molar-refractivity contribution in [2.24, 2.45) is 0 Å². The van der Waals surface area contributed by atoms with Gasteiger partial charge in [0.15, 0.2) is 18.5 Å². The minimum atomic E-state index is -1.76. The fourth-order valence-corrected chi connectivity index (χ4v) is 6.21. The molecule has 0 spiro atoms. The number of thioether (sulfide) groups is 1. The molecule has 2 heterocycles. The third-order valence-electron chi connectivity index (χ3n) is 5.86. The molecule has 3 aromatic rings. The highest BCUT2D eigenvalue weighted by molar-refractivity contribution is 8.00. The Morgan fingerprint density at radius 2 is 1.69 bits per heavy atom. The second-order valence-corrected chi connectivity index (χ2v) is 18.1. The Morgan fingerprint density at radius 1 is 1.03 bits per heavy atom. The highest BCUT2D eigenvalue weighted by Gasteiger charge is 2.36. The van der Waals surface area contributed by atoms with Crippen molar-refractivity contribution in [3.63, 3.8) is 0 Å². The number of anilines is 3. The number of hydrogen-bond acceptors (Lipinski definition) is 8. The smallest absolute Gasteiger partial charge is 0.269 e. The van der Waals surface area contributed by atoms with Crippen LogP contribution < -0.4 is 16.0 Å². The van der Waals surface area contributed by atoms with Crippen LogP contribution in [0.1, 0.15) is 40.1 Å². The number of rotatable bonds is 10. The average molecular weight is 583 g/mol. The Kier molecular flexibility index (Phi) is 9.64. The molecular weight excluding hydrogens is 552 g/mol. The molecule has 36 heavy (non-hydrogen) atoms. The van der Waals surface area contributed by atoms with E-state index in [2.05, 4.69) is 54.8 Å². The van der Waals surface area contributed by atoms with E-state index in [1.165, 1.54) is 34.4 Å². The first-order valence-electron chi connectivity index (χ1n) is 11.3. The van der Waals surface area contributed by atoms with E-state index in [0.29, 0.717) is 37.3 Å². The summed E-state index contributed by atoms with van der Waals surface area (Å²) in [6.45, 7) is 12.5. The van der Waals surface area contributed by atoms with Crippen molar-refractivity contribution in [1.82, 2.24) is 4.98 Å². The largest absolute Gasteiger partial charge is 0.415 e. The zero-order valence-corrected chi connectivity index (χ0v) is 25.4. The van der Waals surface area contributed by atoms with E-state index in [1.54, 1.807) is 12.1 Å². The molecule has 12 heteroatoms. The van der Waals surface area contributed by atoms with E-state index in [-0.39, 0.29) is 22.7 Å². The summed E-state index contributed by atoms with van der Waals surface area (Å²) in [7, 11) is -1.76. The Morgan fingerprint density at radius 3 is 2.28 bits per heavy atom. The van der Waals surface area contributed by atoms with Crippen molar-refractivity contribution in [2.75, 3.05) is 35.4 Å². The minimum absolute atomic E-state index is 0.182. The van der Waals surface area contributed by atoms with Crippen molar-refractivity contribution in [2.45, 2.75) is 43.2 Å². The van der Waals surface area contributed by atoms with Crippen LogP contribution in [0.15, 0.2) is 40.7 Å². The first-order valence-corrected chi connectivity index (χ1v) is 17.4. The van der Waals surface area contributed by atoms with Crippen molar-refractivity contribution in [3.8, 4) is 0 Å². The molecule has 2 amide bonds. The summed E-state index contributed by atoms with van der Waals surface area (Å²) in [5.74, 6) is -0.459. The molecule has 194 valence electrons. The number of carbonyl (C=O) groups excluding carboxylic acids is 2. The molecule has 2 aromatic heterocycles. The lowest BCUT2D eigenvalue weighted by molar-refractivity contribution is 0.102. The zero-order valence-electron chi connectivity index (χ0n) is 21.2. The lowest BCUT2D eigenvalue weighted by Gasteiger charge is -2.36. The topological polar surface area (TPSA) is 92.4 Å². The van der Waals surface area contributed by atoms with Gasteiger partial charge >= 0.3 is 0 Å². The number of nitrogens with zero attached hydrogens (tertiary/aromatic N) is 1. The third-order valence-corrected chi connectivity index (χ3v) is 13.7. The van der Waals surface area contributed by atoms with Crippen LogP contribution in [0.5, 0.6) is 0 Å². The fourth-order valence-electron chi connectivity index (χ4n) is 2.81. The molecule has 0 aliphatic carbocycles. The molecule has 0 unspecified atom stereocenters. The number of thiazole rings is 1. The number of amides is 2. The van der Waals surface area contributed by atoms with Crippen molar-refractivity contribution in [3.05, 3.63) is 50.5 Å². The van der Waals surface area contributed by atoms with Crippen LogP contribution >= 0.6 is 46.0 Å². The SMILES string of the molecule is CSc1nc(NC(=O)c2ccc(Cl)s2)c(C(=O)Nc2ccc(NCCO[Si](C)(C)C(C)(C)C)cc2)s1. The average Bonchev–Trinajstić information content (AvgIpc) is 3.43. The van der Waals surface area contributed by atoms with Gasteiger partial charge in [-0.2, -0.15) is 0 Å². The molecule has 0 atom stereocenters. The van der Waals surface area contributed by atoms with E-state index in [1.807, 2.05) is 30.5 Å². The monoisotopic (exact) mass is 582 g/mol. The number of nitrogens with one attached hydrogen (secondary N) is 3. The standard InChI is InChI=1S/C24H31ClN4O3S3Si/c1-24(2,3)36(5,6)32-14-13-26-15-7-9-16(10-8-15)27-22(31)19-20(29-23(33-4)35-19)28-21(30)17-11-12-18(25)34-17/h7-12,26H,13-14H2,1-6H3,(H,27,31)(H,28,30). The van der Waals surface area contributed by atoms with Gasteiger partial charge in [-0.3, -0.25) is 9.59 Å². The number of carbonyl (C=O) groups is 2. The summed E-state index contributed by atoms with van der Waals surface area (Å²) in [5, 5.41) is 9.17. The quantitative estimate of drug-likeness (QED) is 0.130. The Hall–Kier alpha value is -1.89. The lowest BCUT2D eigenvalue weighted by atomic mass is 10.2. The second kappa shape index (κ2) is 12.1. The van der Waals surface area contributed by atoms with Gasteiger partial charge in [0.1, 0.15) is 4.88 Å². The van der Waals surface area contributed by atoms with Crippen LogP contribution in [0.4, 0.5) is 17.2 Å². The van der Waals surface area contributed by atoms with Gasteiger partial charge in [-0.15, -0.1) is 22.7 Å². The molecule has 0 fully saturated rings. The van der Waals surface area contributed by atoms with E-state index in [4.69, 9.17) is 16.0 Å². The zero-order chi connectivity index (χ0) is 26.5. The van der Waals surface area contributed by atoms with Crippen molar-refractivity contribution >= 4 is 83.4 Å². The molecular formula is C24H31ClN4O3S3Si. The van der Waals surface area contributed by atoms with Crippen LogP contribution in [0.25, 0.3) is 0 Å². The summed E-state index contributed by atoms with van der Waals surface area (Å²) < 4.78 is 7.39. The summed E-state index contributed by atoms with van der Waals surface area (Å²) in [6, 6.07) is 10.8. The predicted molar refractivity (Wildman–Crippen MR) is 157 cm³/mol. The van der Waals surface area contributed by atoms with Crippen LogP contribution in [0.2, 0.25) is 22.5 Å². The third kappa shape index (κ3) is 7.56. The number of benzene rings is 1. The second-order valence-electron chi connectivity index (χ2n) is 9.49. The van der Waals surface area contributed by atoms with E-state index >= 15 is 0 Å². The number of aromatic nitrogens is 1. The van der Waals surface area contributed by atoms with Crippen LogP contribution in [-0.4, -0.2) is 44.5 Å². The van der Waals surface area contributed by atoms with Gasteiger partial charge in [0, 0.05) is 17.9 Å². The summed E-state index contributed by atoms with van der Waals surface area (Å²) >= 11 is 9.74. The minimum Gasteiger partial charge on any atom is -0.415 e. The maximum absolute atomic E-state index is 13.0. The molecule has 0 saturated carbocycles. The normalized spacial score (nSPS) is 11.9. The molecule has 0 aliphatic rings. The predicted octanol–water partition coefficient (Wildman–Crippen LogP) is 7.52. The maximum atomic E-state index is 13.0. The molecule has 3 N–H and O–H groups in total. The van der Waals surface area contributed by atoms with Gasteiger partial charge < -0.3 is 20.4 Å². The van der Waals surface area contributed by atoms with E-state index in [9.17, 15) is 9.59 Å². The van der Waals surface area contributed by atoms with Gasteiger partial charge in [-0.25, -0.2) is 4.98 Å². The highest BCUT2D eigenvalue weighted by Crippen LogP contribution is 2.36. The Labute approximate surface area is 230 Å². The lowest BCUT2D eigenvalue weighted by Crippen LogP contribution is -2.41. The Bertz CT molecular complexity index is 1210. The summed E-state index contributed by atoms with van der Waals surface area (Å²) in [6.07, 6.45) is 1.87. The van der Waals surface area contributed by atoms with Crippen LogP contribution in [-0.2, 0) is 4.43 Å². The number of hydrogen-bond donors (Lipinski definition) is 3. The molecule has 1 aromatic carbocycles. The number of halogens is 1. The Balaban J connectivity index is 1.58. The molecule has 0 radical (unpaired) electrons. The van der Waals surface area contributed by atoms with Gasteiger partial charge in [-0.05, 0) is 60.8 Å². The summed E-state index contributed by atoms with van der Waals surface area (Å²) in [5.41, 5.74) is 1.58. The van der Waals surface area contributed by atoms with Crippen LogP contribution in [0.3, 0.4) is 0 Å². The fraction of sp³-hybridized carbons (Fsp3) is 0.375. The highest BCUT2D eigenvalue weighted by atomic mass is 35.5. The van der Waals surface area contributed by atoms with Crippen molar-refractivity contribution in [1.29, 1.82) is 0 Å². The molecule has 0 aliphatic heterocycles. The molecule has 0 saturated heterocycles. The van der Waals surface area contributed by atoms with Crippen LogP contribution in [0, 0.1) is 0 Å². The first-order chi connectivity index (χ1) is 16.9. The van der Waals surface area contributed by atoms with Gasteiger partial charge in [0.05, 0.1) is 15.8 Å². The van der Waals surface area contributed by atoms with Gasteiger partial charge in [0.25, 0.3) is 11.8 Å². The molecule has 0 bridgehead atoms. The first kappa shape index (κ1) is 28.7. The van der Waals surface area contributed by atoms with Gasteiger partial charge in [0.2, 0.25) is 0 Å².